The molecule has 118 valence electrons. The number of carbonyl (C=O) groups is 1. The molecule has 0 aliphatic rings. The summed E-state index contributed by atoms with van der Waals surface area (Å²) in [7, 11) is 1.49. The Balaban J connectivity index is 3.16. The lowest BCUT2D eigenvalue weighted by molar-refractivity contribution is -0.137. The zero-order valence-electron chi connectivity index (χ0n) is 12.2. The van der Waals surface area contributed by atoms with Crippen LogP contribution in [0.2, 0.25) is 0 Å². The molecule has 0 saturated carbocycles. The van der Waals surface area contributed by atoms with Gasteiger partial charge in [-0.25, -0.2) is 0 Å². The lowest BCUT2D eigenvalue weighted by atomic mass is 10.1. The second-order valence-corrected chi connectivity index (χ2v) is 4.70. The van der Waals surface area contributed by atoms with Crippen LogP contribution < -0.4 is 5.73 Å². The van der Waals surface area contributed by atoms with E-state index in [0.29, 0.717) is 13.2 Å². The average molecular weight is 304 g/mol. The number of nitrogen functional groups attached to an aromatic ring is 1. The topological polar surface area (TPSA) is 55.6 Å². The first-order valence-corrected chi connectivity index (χ1v) is 6.49. The van der Waals surface area contributed by atoms with Crippen LogP contribution in [0.1, 0.15) is 29.8 Å². The number of likely N-dealkylation sites (N-methyl/N-ethyl adjacent to an activating group) is 1. The van der Waals surface area contributed by atoms with E-state index in [4.69, 9.17) is 10.5 Å². The molecule has 1 amide bonds. The number of amides is 1. The van der Waals surface area contributed by atoms with Crippen molar-refractivity contribution in [3.8, 4) is 0 Å². The number of hydrogen-bond donors (Lipinski definition) is 1. The minimum Gasteiger partial charge on any atom is -0.398 e. The van der Waals surface area contributed by atoms with Gasteiger partial charge in [0.15, 0.2) is 0 Å². The average Bonchev–Trinajstić information content (AvgIpc) is 2.38. The molecule has 0 aliphatic heterocycles. The molecule has 1 rings (SSSR count). The number of ether oxygens (including phenoxy) is 1. The van der Waals surface area contributed by atoms with Gasteiger partial charge in [0.2, 0.25) is 0 Å². The number of halogens is 3. The van der Waals surface area contributed by atoms with E-state index in [2.05, 4.69) is 0 Å². The lowest BCUT2D eigenvalue weighted by Gasteiger charge is -2.28. The van der Waals surface area contributed by atoms with Crippen molar-refractivity contribution < 1.29 is 22.7 Å². The summed E-state index contributed by atoms with van der Waals surface area (Å²) in [5.41, 5.74) is 4.64. The van der Waals surface area contributed by atoms with Crippen molar-refractivity contribution >= 4 is 11.6 Å². The van der Waals surface area contributed by atoms with Gasteiger partial charge in [0, 0.05) is 19.3 Å². The predicted molar refractivity (Wildman–Crippen MR) is 73.9 cm³/mol. The molecule has 7 heteroatoms. The summed E-state index contributed by atoms with van der Waals surface area (Å²) in [5, 5.41) is 0. The van der Waals surface area contributed by atoms with Gasteiger partial charge in [0.25, 0.3) is 5.91 Å². The highest BCUT2D eigenvalue weighted by atomic mass is 19.4. The highest BCUT2D eigenvalue weighted by Crippen LogP contribution is 2.31. The Morgan fingerprint density at radius 3 is 2.52 bits per heavy atom. The molecule has 0 fully saturated rings. The predicted octanol–water partition coefficient (Wildman–Crippen LogP) is 2.78. The first-order valence-electron chi connectivity index (χ1n) is 6.49. The molecule has 0 radical (unpaired) electrons. The highest BCUT2D eigenvalue weighted by Gasteiger charge is 2.32. The standard InChI is InChI=1S/C14H19F3N2O2/c1-4-19(9(2)8-21-3)13(20)11-7-10(14(15,16)17)5-6-12(11)18/h5-7,9H,4,8,18H2,1-3H3. The summed E-state index contributed by atoms with van der Waals surface area (Å²) < 4.78 is 43.2. The van der Waals surface area contributed by atoms with E-state index in [0.717, 1.165) is 18.2 Å². The normalized spacial score (nSPS) is 13.0. The van der Waals surface area contributed by atoms with Crippen LogP contribution in [0, 0.1) is 0 Å². The fourth-order valence-corrected chi connectivity index (χ4v) is 2.06. The Kier molecular flexibility index (Phi) is 5.60. The number of methoxy groups -OCH3 is 1. The Morgan fingerprint density at radius 2 is 2.05 bits per heavy atom. The lowest BCUT2D eigenvalue weighted by Crippen LogP contribution is -2.41. The van der Waals surface area contributed by atoms with Crippen molar-refractivity contribution in [3.63, 3.8) is 0 Å². The Bertz CT molecular complexity index is 503. The summed E-state index contributed by atoms with van der Waals surface area (Å²) in [6, 6.07) is 2.49. The van der Waals surface area contributed by atoms with Crippen molar-refractivity contribution in [2.24, 2.45) is 0 Å². The molecule has 0 saturated heterocycles. The van der Waals surface area contributed by atoms with Crippen molar-refractivity contribution in [1.29, 1.82) is 0 Å². The molecule has 0 aliphatic carbocycles. The van der Waals surface area contributed by atoms with Crippen LogP contribution in [0.3, 0.4) is 0 Å². The third-order valence-electron chi connectivity index (χ3n) is 3.15. The number of alkyl halides is 3. The second kappa shape index (κ2) is 6.80. The van der Waals surface area contributed by atoms with Crippen LogP contribution in [0.5, 0.6) is 0 Å². The highest BCUT2D eigenvalue weighted by molar-refractivity contribution is 5.99. The van der Waals surface area contributed by atoms with Gasteiger partial charge >= 0.3 is 6.18 Å². The van der Waals surface area contributed by atoms with Gasteiger partial charge in [-0.3, -0.25) is 4.79 Å². The largest absolute Gasteiger partial charge is 0.416 e. The number of anilines is 1. The van der Waals surface area contributed by atoms with E-state index < -0.39 is 17.6 Å². The maximum atomic E-state index is 12.7. The number of nitrogens with two attached hydrogens (primary N) is 1. The van der Waals surface area contributed by atoms with Crippen molar-refractivity contribution in [2.75, 3.05) is 26.0 Å². The van der Waals surface area contributed by atoms with Gasteiger partial charge in [-0.05, 0) is 32.0 Å². The van der Waals surface area contributed by atoms with E-state index in [-0.39, 0.29) is 17.3 Å². The van der Waals surface area contributed by atoms with Crippen LogP contribution in [-0.4, -0.2) is 37.1 Å². The molecule has 0 bridgehead atoms. The molecule has 1 aromatic carbocycles. The van der Waals surface area contributed by atoms with Gasteiger partial charge in [0.05, 0.1) is 23.8 Å². The zero-order chi connectivity index (χ0) is 16.2. The molecular weight excluding hydrogens is 285 g/mol. The SMILES string of the molecule is CCN(C(=O)c1cc(C(F)(F)F)ccc1N)C(C)COC. The van der Waals surface area contributed by atoms with Gasteiger partial charge in [-0.2, -0.15) is 13.2 Å². The zero-order valence-corrected chi connectivity index (χ0v) is 12.2. The third kappa shape index (κ3) is 4.10. The number of rotatable bonds is 5. The van der Waals surface area contributed by atoms with Gasteiger partial charge < -0.3 is 15.4 Å². The first kappa shape index (κ1) is 17.3. The number of carbonyl (C=O) groups excluding carboxylic acids is 1. The monoisotopic (exact) mass is 304 g/mol. The molecule has 4 nitrogen and oxygen atoms in total. The smallest absolute Gasteiger partial charge is 0.398 e. The second-order valence-electron chi connectivity index (χ2n) is 4.70. The van der Waals surface area contributed by atoms with Crippen LogP contribution in [0.15, 0.2) is 18.2 Å². The molecular formula is C14H19F3N2O2. The minimum atomic E-state index is -4.52. The number of nitrogens with zero attached hydrogens (tertiary/aromatic N) is 1. The molecule has 0 spiro atoms. The number of hydrogen-bond acceptors (Lipinski definition) is 3. The summed E-state index contributed by atoms with van der Waals surface area (Å²) in [4.78, 5) is 13.8. The molecule has 0 aromatic heterocycles. The van der Waals surface area contributed by atoms with Crippen LogP contribution in [0.25, 0.3) is 0 Å². The van der Waals surface area contributed by atoms with Gasteiger partial charge in [-0.15, -0.1) is 0 Å². The molecule has 21 heavy (non-hydrogen) atoms. The Morgan fingerprint density at radius 1 is 1.43 bits per heavy atom. The van der Waals surface area contributed by atoms with Crippen LogP contribution in [0.4, 0.5) is 18.9 Å². The fourth-order valence-electron chi connectivity index (χ4n) is 2.06. The van der Waals surface area contributed by atoms with E-state index in [1.165, 1.54) is 12.0 Å². The molecule has 2 N–H and O–H groups in total. The van der Waals surface area contributed by atoms with Gasteiger partial charge in [-0.1, -0.05) is 0 Å². The van der Waals surface area contributed by atoms with E-state index in [1.54, 1.807) is 13.8 Å². The maximum absolute atomic E-state index is 12.7. The summed E-state index contributed by atoms with van der Waals surface area (Å²) in [5.74, 6) is -0.536. The van der Waals surface area contributed by atoms with E-state index in [1.807, 2.05) is 0 Å². The molecule has 1 atom stereocenters. The molecule has 0 heterocycles. The number of benzene rings is 1. The summed E-state index contributed by atoms with van der Waals surface area (Å²) in [6.07, 6.45) is -4.52. The first-order chi connectivity index (χ1) is 9.72. The van der Waals surface area contributed by atoms with Crippen molar-refractivity contribution in [1.82, 2.24) is 4.90 Å². The van der Waals surface area contributed by atoms with Gasteiger partial charge in [0.1, 0.15) is 0 Å². The Labute approximate surface area is 121 Å². The quantitative estimate of drug-likeness (QED) is 0.851. The van der Waals surface area contributed by atoms with Crippen LogP contribution >= 0.6 is 0 Å². The molecule has 1 unspecified atom stereocenters. The van der Waals surface area contributed by atoms with Crippen molar-refractivity contribution in [2.45, 2.75) is 26.1 Å². The van der Waals surface area contributed by atoms with E-state index >= 15 is 0 Å². The van der Waals surface area contributed by atoms with Crippen LogP contribution in [-0.2, 0) is 10.9 Å². The Hall–Kier alpha value is -1.76. The van der Waals surface area contributed by atoms with E-state index in [9.17, 15) is 18.0 Å². The fraction of sp³-hybridized carbons (Fsp3) is 0.500. The summed E-state index contributed by atoms with van der Waals surface area (Å²) >= 11 is 0. The van der Waals surface area contributed by atoms with Crippen molar-refractivity contribution in [3.05, 3.63) is 29.3 Å². The third-order valence-corrected chi connectivity index (χ3v) is 3.15. The summed E-state index contributed by atoms with van der Waals surface area (Å²) in [6.45, 7) is 4.14. The molecule has 1 aromatic rings. The maximum Gasteiger partial charge on any atom is 0.416 e. The minimum absolute atomic E-state index is 0.0241.